The van der Waals surface area contributed by atoms with Gasteiger partial charge in [0.15, 0.2) is 11.8 Å². The van der Waals surface area contributed by atoms with Crippen molar-refractivity contribution in [1.82, 2.24) is 20.8 Å². The molecular formula is C16H26IN5OS. The third-order valence-electron chi connectivity index (χ3n) is 3.31. The minimum Gasteiger partial charge on any atom is -0.356 e. The second-order valence-electron chi connectivity index (χ2n) is 5.67. The molecule has 134 valence electrons. The van der Waals surface area contributed by atoms with Gasteiger partial charge in [0.05, 0.1) is 6.54 Å². The lowest BCUT2D eigenvalue weighted by Gasteiger charge is -2.10. The first-order valence-electron chi connectivity index (χ1n) is 7.90. The number of nitrogens with zero attached hydrogens (tertiary/aromatic N) is 3. The monoisotopic (exact) mass is 463 g/mol. The summed E-state index contributed by atoms with van der Waals surface area (Å²) in [7, 11) is 1.78. The molecule has 8 heteroatoms. The fourth-order valence-corrected chi connectivity index (χ4v) is 2.85. The zero-order chi connectivity index (χ0) is 16.7. The molecule has 0 saturated heterocycles. The van der Waals surface area contributed by atoms with Crippen molar-refractivity contribution in [2.45, 2.75) is 46.1 Å². The maximum absolute atomic E-state index is 5.23. The standard InChI is InChI=1S/C16H25N5OS.HI/c1-11(2)15-20-14(22-21-15)6-5-9-18-16(17-4)19-10-13-8-7-12(3)23-13;/h7-8,11H,5-6,9-10H2,1-4H3,(H2,17,18,19);1H. The van der Waals surface area contributed by atoms with Crippen LogP contribution in [0.1, 0.15) is 47.7 Å². The fourth-order valence-electron chi connectivity index (χ4n) is 2.02. The highest BCUT2D eigenvalue weighted by atomic mass is 127. The van der Waals surface area contributed by atoms with Crippen molar-refractivity contribution >= 4 is 41.3 Å². The number of halogens is 1. The lowest BCUT2D eigenvalue weighted by molar-refractivity contribution is 0.368. The molecule has 24 heavy (non-hydrogen) atoms. The molecular weight excluding hydrogens is 437 g/mol. The molecule has 0 aliphatic rings. The number of aryl methyl sites for hydroxylation is 2. The van der Waals surface area contributed by atoms with Gasteiger partial charge >= 0.3 is 0 Å². The predicted molar refractivity (Wildman–Crippen MR) is 109 cm³/mol. The lowest BCUT2D eigenvalue weighted by Crippen LogP contribution is -2.37. The first-order chi connectivity index (χ1) is 11.1. The Bertz CT molecular complexity index is 638. The average Bonchev–Trinajstić information content (AvgIpc) is 3.15. The first kappa shape index (κ1) is 20.9. The summed E-state index contributed by atoms with van der Waals surface area (Å²) in [5, 5.41) is 10.6. The number of aromatic nitrogens is 2. The highest BCUT2D eigenvalue weighted by molar-refractivity contribution is 14.0. The second kappa shape index (κ2) is 10.7. The van der Waals surface area contributed by atoms with Gasteiger partial charge in [-0.25, -0.2) is 0 Å². The molecule has 0 radical (unpaired) electrons. The quantitative estimate of drug-likeness (QED) is 0.285. The van der Waals surface area contributed by atoms with Crippen molar-refractivity contribution in [3.05, 3.63) is 33.6 Å². The van der Waals surface area contributed by atoms with Crippen LogP contribution in [0, 0.1) is 6.92 Å². The summed E-state index contributed by atoms with van der Waals surface area (Å²) in [5.74, 6) is 2.59. The van der Waals surface area contributed by atoms with E-state index >= 15 is 0 Å². The molecule has 0 bridgehead atoms. The second-order valence-corrected chi connectivity index (χ2v) is 7.04. The number of rotatable bonds is 7. The van der Waals surface area contributed by atoms with Crippen LogP contribution in [0.2, 0.25) is 0 Å². The third-order valence-corrected chi connectivity index (χ3v) is 4.31. The molecule has 0 fully saturated rings. The van der Waals surface area contributed by atoms with E-state index in [1.54, 1.807) is 18.4 Å². The van der Waals surface area contributed by atoms with E-state index in [4.69, 9.17) is 4.52 Å². The van der Waals surface area contributed by atoms with E-state index in [0.29, 0.717) is 11.8 Å². The molecule has 2 N–H and O–H groups in total. The summed E-state index contributed by atoms with van der Waals surface area (Å²) in [4.78, 5) is 11.2. The minimum absolute atomic E-state index is 0. The van der Waals surface area contributed by atoms with Crippen molar-refractivity contribution < 1.29 is 4.52 Å². The molecule has 0 atom stereocenters. The van der Waals surface area contributed by atoms with Gasteiger partial charge in [-0.2, -0.15) is 4.98 Å². The van der Waals surface area contributed by atoms with Crippen LogP contribution in [-0.4, -0.2) is 29.7 Å². The summed E-state index contributed by atoms with van der Waals surface area (Å²) < 4.78 is 5.23. The Morgan fingerprint density at radius 2 is 2.12 bits per heavy atom. The molecule has 2 aromatic heterocycles. The maximum Gasteiger partial charge on any atom is 0.226 e. The Labute approximate surface area is 164 Å². The molecule has 0 unspecified atom stereocenters. The van der Waals surface area contributed by atoms with Gasteiger partial charge in [-0.3, -0.25) is 4.99 Å². The van der Waals surface area contributed by atoms with E-state index in [1.165, 1.54) is 9.75 Å². The predicted octanol–water partition coefficient (Wildman–Crippen LogP) is 3.48. The van der Waals surface area contributed by atoms with Crippen LogP contribution in [0.15, 0.2) is 21.6 Å². The average molecular weight is 463 g/mol. The van der Waals surface area contributed by atoms with Crippen molar-refractivity contribution in [2.75, 3.05) is 13.6 Å². The summed E-state index contributed by atoms with van der Waals surface area (Å²) in [6.07, 6.45) is 1.69. The Balaban J connectivity index is 0.00000288. The Hall–Kier alpha value is -1.16. The highest BCUT2D eigenvalue weighted by Gasteiger charge is 2.09. The van der Waals surface area contributed by atoms with Crippen molar-refractivity contribution in [2.24, 2.45) is 4.99 Å². The summed E-state index contributed by atoms with van der Waals surface area (Å²) in [5.41, 5.74) is 0. The normalized spacial score (nSPS) is 11.5. The van der Waals surface area contributed by atoms with Crippen molar-refractivity contribution in [3.8, 4) is 0 Å². The van der Waals surface area contributed by atoms with E-state index in [-0.39, 0.29) is 24.0 Å². The van der Waals surface area contributed by atoms with E-state index in [9.17, 15) is 0 Å². The molecule has 0 aliphatic carbocycles. The summed E-state index contributed by atoms with van der Waals surface area (Å²) in [6.45, 7) is 7.83. The highest BCUT2D eigenvalue weighted by Crippen LogP contribution is 2.14. The van der Waals surface area contributed by atoms with Gasteiger partial charge in [-0.15, -0.1) is 35.3 Å². The first-order valence-corrected chi connectivity index (χ1v) is 8.72. The number of guanidine groups is 1. The Morgan fingerprint density at radius 3 is 2.71 bits per heavy atom. The molecule has 0 aromatic carbocycles. The van der Waals surface area contributed by atoms with Gasteiger partial charge in [0, 0.05) is 35.7 Å². The molecule has 0 aliphatic heterocycles. The van der Waals surface area contributed by atoms with Gasteiger partial charge in [0.25, 0.3) is 0 Å². The number of thiophene rings is 1. The van der Waals surface area contributed by atoms with Crippen molar-refractivity contribution in [3.63, 3.8) is 0 Å². The van der Waals surface area contributed by atoms with Crippen LogP contribution in [0.3, 0.4) is 0 Å². The van der Waals surface area contributed by atoms with Crippen LogP contribution in [0.5, 0.6) is 0 Å². The fraction of sp³-hybridized carbons (Fsp3) is 0.562. The van der Waals surface area contributed by atoms with Gasteiger partial charge in [-0.1, -0.05) is 19.0 Å². The minimum atomic E-state index is 0. The molecule has 0 spiro atoms. The molecule has 6 nitrogen and oxygen atoms in total. The smallest absolute Gasteiger partial charge is 0.226 e. The molecule has 0 amide bonds. The molecule has 2 rings (SSSR count). The van der Waals surface area contributed by atoms with E-state index in [0.717, 1.165) is 37.7 Å². The number of hydrogen-bond acceptors (Lipinski definition) is 5. The van der Waals surface area contributed by atoms with E-state index in [2.05, 4.69) is 58.7 Å². The summed E-state index contributed by atoms with van der Waals surface area (Å²) in [6, 6.07) is 4.27. The molecule has 0 saturated carbocycles. The number of aliphatic imine (C=N–C) groups is 1. The number of nitrogens with one attached hydrogen (secondary N) is 2. The van der Waals surface area contributed by atoms with Gasteiger partial charge in [-0.05, 0) is 25.5 Å². The lowest BCUT2D eigenvalue weighted by atomic mass is 10.2. The van der Waals surface area contributed by atoms with Crippen LogP contribution in [0.25, 0.3) is 0 Å². The molecule has 2 heterocycles. The maximum atomic E-state index is 5.23. The van der Waals surface area contributed by atoms with Crippen molar-refractivity contribution in [1.29, 1.82) is 0 Å². The van der Waals surface area contributed by atoms with E-state index < -0.39 is 0 Å². The van der Waals surface area contributed by atoms with Crippen LogP contribution in [-0.2, 0) is 13.0 Å². The third kappa shape index (κ3) is 6.76. The number of hydrogen-bond donors (Lipinski definition) is 2. The largest absolute Gasteiger partial charge is 0.356 e. The van der Waals surface area contributed by atoms with Crippen LogP contribution in [0.4, 0.5) is 0 Å². The molecule has 2 aromatic rings. The zero-order valence-electron chi connectivity index (χ0n) is 14.6. The van der Waals surface area contributed by atoms with Gasteiger partial charge in [0.1, 0.15) is 0 Å². The zero-order valence-corrected chi connectivity index (χ0v) is 17.8. The van der Waals surface area contributed by atoms with Crippen LogP contribution < -0.4 is 10.6 Å². The Kier molecular flexibility index (Phi) is 9.27. The van der Waals surface area contributed by atoms with E-state index in [1.807, 2.05) is 0 Å². The topological polar surface area (TPSA) is 75.3 Å². The van der Waals surface area contributed by atoms with Gasteiger partial charge in [0.2, 0.25) is 5.89 Å². The van der Waals surface area contributed by atoms with Gasteiger partial charge < -0.3 is 15.2 Å². The summed E-state index contributed by atoms with van der Waals surface area (Å²) >= 11 is 1.80. The van der Waals surface area contributed by atoms with Crippen LogP contribution >= 0.6 is 35.3 Å². The Morgan fingerprint density at radius 1 is 1.33 bits per heavy atom. The SMILES string of the molecule is CN=C(NCCCc1nc(C(C)C)no1)NCc1ccc(C)s1.I.